The molecule has 2 rings (SSSR count). The normalized spacial score (nSPS) is 23.0. The fourth-order valence-corrected chi connectivity index (χ4v) is 2.14. The number of hydrogen-bond acceptors (Lipinski definition) is 3. The van der Waals surface area contributed by atoms with Crippen LogP contribution in [0, 0.1) is 0 Å². The zero-order valence-electron chi connectivity index (χ0n) is 10.6. The lowest BCUT2D eigenvalue weighted by molar-refractivity contribution is 0.106. The van der Waals surface area contributed by atoms with Gasteiger partial charge in [0.05, 0.1) is 12.2 Å². The van der Waals surface area contributed by atoms with Gasteiger partial charge in [0, 0.05) is 0 Å². The Labute approximate surface area is 106 Å². The summed E-state index contributed by atoms with van der Waals surface area (Å²) < 4.78 is 0. The Morgan fingerprint density at radius 3 is 2.83 bits per heavy atom. The second-order valence-corrected chi connectivity index (χ2v) is 4.62. The van der Waals surface area contributed by atoms with Gasteiger partial charge in [-0.2, -0.15) is 0 Å². The predicted molar refractivity (Wildman–Crippen MR) is 70.0 cm³/mol. The van der Waals surface area contributed by atoms with Crippen LogP contribution in [0.25, 0.3) is 0 Å². The van der Waals surface area contributed by atoms with Crippen molar-refractivity contribution in [2.24, 2.45) is 10.7 Å². The van der Waals surface area contributed by atoms with Crippen molar-refractivity contribution in [1.29, 1.82) is 0 Å². The number of amides is 1. The monoisotopic (exact) mass is 247 g/mol. The smallest absolute Gasteiger partial charge is 0.408 e. The molecule has 0 radical (unpaired) electrons. The first kappa shape index (κ1) is 12.4. The van der Waals surface area contributed by atoms with Gasteiger partial charge in [-0.15, -0.1) is 0 Å². The topological polar surface area (TPSA) is 78.9 Å². The highest BCUT2D eigenvalue weighted by molar-refractivity contribution is 5.95. The van der Waals surface area contributed by atoms with Crippen LogP contribution in [0.5, 0.6) is 0 Å². The first-order valence-corrected chi connectivity index (χ1v) is 5.92. The molecule has 0 aromatic heterocycles. The van der Waals surface area contributed by atoms with E-state index in [2.05, 4.69) is 4.99 Å². The van der Waals surface area contributed by atoms with Crippen LogP contribution in [0.1, 0.15) is 25.8 Å². The zero-order chi connectivity index (χ0) is 13.3. The number of benzene rings is 1. The van der Waals surface area contributed by atoms with E-state index in [-0.39, 0.29) is 0 Å². The molecular weight excluding hydrogens is 230 g/mol. The Morgan fingerprint density at radius 2 is 2.22 bits per heavy atom. The maximum atomic E-state index is 11.5. The highest BCUT2D eigenvalue weighted by Crippen LogP contribution is 2.31. The summed E-state index contributed by atoms with van der Waals surface area (Å²) in [5, 5.41) is 9.39. The van der Waals surface area contributed by atoms with Gasteiger partial charge in [0.15, 0.2) is 0 Å². The van der Waals surface area contributed by atoms with E-state index in [9.17, 15) is 9.90 Å². The molecule has 1 aromatic carbocycles. The van der Waals surface area contributed by atoms with E-state index in [1.54, 1.807) is 0 Å². The van der Waals surface area contributed by atoms with Crippen molar-refractivity contribution in [2.45, 2.75) is 32.4 Å². The van der Waals surface area contributed by atoms with E-state index < -0.39 is 11.6 Å². The summed E-state index contributed by atoms with van der Waals surface area (Å²) in [6.07, 6.45) is -0.392. The number of hydrogen-bond donors (Lipinski definition) is 2. The summed E-state index contributed by atoms with van der Waals surface area (Å²) in [4.78, 5) is 17.2. The first-order chi connectivity index (χ1) is 8.49. The van der Waals surface area contributed by atoms with Crippen LogP contribution in [0.2, 0.25) is 0 Å². The van der Waals surface area contributed by atoms with E-state index in [0.29, 0.717) is 18.8 Å². The first-order valence-electron chi connectivity index (χ1n) is 5.92. The number of carbonyl (C=O) groups is 1. The Bertz CT molecular complexity index is 513. The van der Waals surface area contributed by atoms with Gasteiger partial charge in [0.25, 0.3) is 0 Å². The maximum Gasteiger partial charge on any atom is 0.408 e. The molecule has 96 valence electrons. The van der Waals surface area contributed by atoms with Crippen LogP contribution >= 0.6 is 0 Å². The lowest BCUT2D eigenvalue weighted by Gasteiger charge is -2.37. The molecule has 5 heteroatoms. The van der Waals surface area contributed by atoms with Crippen LogP contribution in [0.15, 0.2) is 29.3 Å². The molecule has 18 heavy (non-hydrogen) atoms. The summed E-state index contributed by atoms with van der Waals surface area (Å²) >= 11 is 0. The summed E-state index contributed by atoms with van der Waals surface area (Å²) in [7, 11) is 0. The molecule has 0 spiro atoms. The molecule has 1 aliphatic rings. The van der Waals surface area contributed by atoms with Crippen molar-refractivity contribution in [2.75, 3.05) is 0 Å². The third kappa shape index (κ3) is 1.81. The van der Waals surface area contributed by atoms with E-state index >= 15 is 0 Å². The standard InChI is InChI=1S/C13H17N3O2/c1-3-13(2)11(14)15-10-7-5-4-6-9(10)8-16(13)12(17)18/h4-7H,3,8H2,1-2H3,(H2,14,15)(H,17,18). The summed E-state index contributed by atoms with van der Waals surface area (Å²) in [6, 6.07) is 7.47. The Kier molecular flexibility index (Phi) is 2.98. The van der Waals surface area contributed by atoms with Crippen molar-refractivity contribution in [3.05, 3.63) is 29.8 Å². The second-order valence-electron chi connectivity index (χ2n) is 4.62. The molecule has 1 aliphatic heterocycles. The fourth-order valence-electron chi connectivity index (χ4n) is 2.14. The van der Waals surface area contributed by atoms with Gasteiger partial charge in [0.2, 0.25) is 0 Å². The molecule has 1 heterocycles. The van der Waals surface area contributed by atoms with Crippen LogP contribution in [0.4, 0.5) is 10.5 Å². The SMILES string of the molecule is CCC1(C)C(N)=Nc2ccccc2CN1C(=O)O. The van der Waals surface area contributed by atoms with Crippen LogP contribution in [0.3, 0.4) is 0 Å². The van der Waals surface area contributed by atoms with Crippen molar-refractivity contribution >= 4 is 17.6 Å². The molecule has 3 N–H and O–H groups in total. The number of fused-ring (bicyclic) bond motifs is 1. The average Bonchev–Trinajstić information content (AvgIpc) is 2.46. The maximum absolute atomic E-state index is 11.5. The van der Waals surface area contributed by atoms with Crippen LogP contribution < -0.4 is 5.73 Å². The average molecular weight is 247 g/mol. The Balaban J connectivity index is 2.58. The highest BCUT2D eigenvalue weighted by Gasteiger charge is 2.39. The van der Waals surface area contributed by atoms with Crippen LogP contribution in [-0.4, -0.2) is 27.5 Å². The molecule has 5 nitrogen and oxygen atoms in total. The number of nitrogens with two attached hydrogens (primary N) is 1. The Hall–Kier alpha value is -2.04. The molecule has 0 fully saturated rings. The molecule has 0 aliphatic carbocycles. The van der Waals surface area contributed by atoms with Gasteiger partial charge in [0.1, 0.15) is 11.4 Å². The minimum Gasteiger partial charge on any atom is -0.465 e. The minimum atomic E-state index is -0.978. The number of rotatable bonds is 1. The van der Waals surface area contributed by atoms with Crippen molar-refractivity contribution in [3.63, 3.8) is 0 Å². The molecule has 0 bridgehead atoms. The van der Waals surface area contributed by atoms with E-state index in [1.165, 1.54) is 4.90 Å². The number of aliphatic imine (C=N–C) groups is 1. The lowest BCUT2D eigenvalue weighted by atomic mass is 9.95. The van der Waals surface area contributed by atoms with E-state index in [4.69, 9.17) is 5.73 Å². The van der Waals surface area contributed by atoms with Gasteiger partial charge in [-0.1, -0.05) is 25.1 Å². The third-order valence-electron chi connectivity index (χ3n) is 3.63. The lowest BCUT2D eigenvalue weighted by Crippen LogP contribution is -2.56. The quantitative estimate of drug-likeness (QED) is 0.799. The summed E-state index contributed by atoms with van der Waals surface area (Å²) in [5.41, 5.74) is 6.88. The number of nitrogens with zero attached hydrogens (tertiary/aromatic N) is 2. The number of carboxylic acid groups (broad SMARTS) is 1. The van der Waals surface area contributed by atoms with Gasteiger partial charge >= 0.3 is 6.09 Å². The highest BCUT2D eigenvalue weighted by atomic mass is 16.4. The van der Waals surface area contributed by atoms with E-state index in [0.717, 1.165) is 11.3 Å². The molecule has 1 aromatic rings. The Morgan fingerprint density at radius 1 is 1.56 bits per heavy atom. The molecule has 1 unspecified atom stereocenters. The van der Waals surface area contributed by atoms with Crippen molar-refractivity contribution in [1.82, 2.24) is 4.90 Å². The molecule has 0 saturated carbocycles. The molecular formula is C13H17N3O2. The molecule has 0 saturated heterocycles. The summed E-state index contributed by atoms with van der Waals surface area (Å²) in [6.45, 7) is 4.03. The number of para-hydroxylation sites is 1. The molecule has 1 amide bonds. The number of amidine groups is 1. The minimum absolute atomic E-state index is 0.306. The largest absolute Gasteiger partial charge is 0.465 e. The van der Waals surface area contributed by atoms with Gasteiger partial charge in [-0.25, -0.2) is 9.79 Å². The van der Waals surface area contributed by atoms with Gasteiger partial charge in [-0.05, 0) is 25.0 Å². The second kappa shape index (κ2) is 4.33. The predicted octanol–water partition coefficient (Wildman–Crippen LogP) is 2.34. The third-order valence-corrected chi connectivity index (χ3v) is 3.63. The van der Waals surface area contributed by atoms with Crippen molar-refractivity contribution in [3.8, 4) is 0 Å². The van der Waals surface area contributed by atoms with Gasteiger partial charge < -0.3 is 10.8 Å². The molecule has 1 atom stereocenters. The zero-order valence-corrected chi connectivity index (χ0v) is 10.6. The summed E-state index contributed by atoms with van der Waals surface area (Å²) in [5.74, 6) is 0.345. The van der Waals surface area contributed by atoms with Crippen molar-refractivity contribution < 1.29 is 9.90 Å². The fraction of sp³-hybridized carbons (Fsp3) is 0.385. The van der Waals surface area contributed by atoms with Crippen LogP contribution in [-0.2, 0) is 6.54 Å². The van der Waals surface area contributed by atoms with E-state index in [1.807, 2.05) is 38.1 Å². The van der Waals surface area contributed by atoms with Gasteiger partial charge in [-0.3, -0.25) is 4.90 Å².